The predicted molar refractivity (Wildman–Crippen MR) is 124 cm³/mol. The summed E-state index contributed by atoms with van der Waals surface area (Å²) in [4.78, 5) is 0. The molecule has 0 unspecified atom stereocenters. The van der Waals surface area contributed by atoms with Gasteiger partial charge in [-0.3, -0.25) is 0 Å². The molecule has 1 heterocycles. The molecule has 0 fully saturated rings. The summed E-state index contributed by atoms with van der Waals surface area (Å²) in [7, 11) is 1.21. The molecule has 0 bridgehead atoms. The molecule has 0 N–H and O–H groups in total. The van der Waals surface area contributed by atoms with Crippen LogP contribution < -0.4 is 0 Å². The van der Waals surface area contributed by atoms with Gasteiger partial charge in [0.25, 0.3) is 0 Å². The highest BCUT2D eigenvalue weighted by Gasteiger charge is 2.18. The van der Waals surface area contributed by atoms with Gasteiger partial charge in [-0.15, -0.1) is 0 Å². The number of benzene rings is 3. The van der Waals surface area contributed by atoms with Gasteiger partial charge in [0.1, 0.15) is 0 Å². The van der Waals surface area contributed by atoms with Crippen molar-refractivity contribution in [3.8, 4) is 0 Å². The van der Waals surface area contributed by atoms with Gasteiger partial charge in [0.05, 0.1) is 0 Å². The van der Waals surface area contributed by atoms with Crippen molar-refractivity contribution in [3.63, 3.8) is 0 Å². The first kappa shape index (κ1) is 18.5. The second kappa shape index (κ2) is 7.69. The number of hydrogen-bond acceptors (Lipinski definition) is 2. The molecule has 0 radical (unpaired) electrons. The van der Waals surface area contributed by atoms with Crippen molar-refractivity contribution >= 4 is 25.7 Å². The molecule has 1 aliphatic carbocycles. The van der Waals surface area contributed by atoms with E-state index in [1.54, 1.807) is 0 Å². The minimum absolute atomic E-state index is 0.320. The van der Waals surface area contributed by atoms with Crippen LogP contribution in [0.3, 0.4) is 0 Å². The molecule has 0 saturated heterocycles. The molecule has 0 aromatic heterocycles. The molecule has 29 heavy (non-hydrogen) atoms. The molecule has 0 spiro atoms. The van der Waals surface area contributed by atoms with E-state index in [0.29, 0.717) is 12.1 Å². The Morgan fingerprint density at radius 2 is 1.48 bits per heavy atom. The highest BCUT2D eigenvalue weighted by atomic mass is 31.1. The van der Waals surface area contributed by atoms with Crippen molar-refractivity contribution in [2.24, 2.45) is 0 Å². The lowest BCUT2D eigenvalue weighted by atomic mass is 9.90. The summed E-state index contributed by atoms with van der Waals surface area (Å²) in [5.74, 6) is 0. The van der Waals surface area contributed by atoms with E-state index in [1.807, 2.05) is 0 Å². The van der Waals surface area contributed by atoms with E-state index < -0.39 is 0 Å². The average molecular weight is 397 g/mol. The molecule has 5 rings (SSSR count). The molecule has 2 aliphatic rings. The number of allylic oxidation sites excluding steroid dienone is 1. The zero-order valence-corrected chi connectivity index (χ0v) is 17.9. The fraction of sp³-hybridized carbons (Fsp3) is 0.231. The highest BCUT2D eigenvalue weighted by Crippen LogP contribution is 2.45. The minimum Gasteiger partial charge on any atom is -0.506 e. The maximum atomic E-state index is 2.43. The lowest BCUT2D eigenvalue weighted by Gasteiger charge is -2.45. The molecule has 3 aromatic rings. The molecular weight excluding hydrogens is 371 g/mol. The van der Waals surface area contributed by atoms with Crippen LogP contribution in [0.15, 0.2) is 79.1 Å². The summed E-state index contributed by atoms with van der Waals surface area (Å²) >= 11 is 0. The second-order valence-corrected chi connectivity index (χ2v) is 9.03. The molecule has 2 nitrogen and oxygen atoms in total. The second-order valence-electron chi connectivity index (χ2n) is 7.93. The van der Waals surface area contributed by atoms with Gasteiger partial charge in [-0.25, -0.2) is 0 Å². The van der Waals surface area contributed by atoms with Gasteiger partial charge in [0.15, 0.2) is 0 Å². The van der Waals surface area contributed by atoms with Gasteiger partial charge in [-0.05, 0) is 72.1 Å². The summed E-state index contributed by atoms with van der Waals surface area (Å²) in [5, 5.41) is 2.66. The Morgan fingerprint density at radius 3 is 2.34 bits per heavy atom. The van der Waals surface area contributed by atoms with Crippen LogP contribution in [0.4, 0.5) is 0 Å². The molecule has 3 heteroatoms. The topological polar surface area (TPSA) is 6.48 Å². The molecule has 2 atom stereocenters. The summed E-state index contributed by atoms with van der Waals surface area (Å²) in [6.45, 7) is 4.63. The Balaban J connectivity index is 1.38. The van der Waals surface area contributed by atoms with Gasteiger partial charge < -0.3 is 18.2 Å². The van der Waals surface area contributed by atoms with Crippen LogP contribution in [0.25, 0.3) is 16.8 Å². The van der Waals surface area contributed by atoms with Gasteiger partial charge >= 0.3 is 0 Å². The molecule has 146 valence electrons. The van der Waals surface area contributed by atoms with Crippen molar-refractivity contribution in [1.82, 2.24) is 9.34 Å². The first-order valence-corrected chi connectivity index (χ1v) is 11.2. The van der Waals surface area contributed by atoms with E-state index >= 15 is 0 Å². The summed E-state index contributed by atoms with van der Waals surface area (Å²) < 4.78 is 4.85. The smallest absolute Gasteiger partial charge is 0.0252 e. The summed E-state index contributed by atoms with van der Waals surface area (Å²) in [5.41, 5.74) is 5.72. The first-order chi connectivity index (χ1) is 14.2. The van der Waals surface area contributed by atoms with E-state index in [4.69, 9.17) is 0 Å². The normalized spacial score (nSPS) is 18.4. The highest BCUT2D eigenvalue weighted by molar-refractivity contribution is 7.33. The Bertz CT molecular complexity index is 1100. The molecule has 0 saturated carbocycles. The Morgan fingerprint density at radius 1 is 0.793 bits per heavy atom. The van der Waals surface area contributed by atoms with Crippen molar-refractivity contribution in [2.45, 2.75) is 38.8 Å². The van der Waals surface area contributed by atoms with E-state index in [1.165, 1.54) is 41.9 Å². The number of rotatable bonds is 4. The SMILES string of the molecule is C[C@@H](c1cccc2c1C=CCC2)N1C=CN([C@@H](C)c2cccc3ccccc23)[P-]1. The standard InChI is InChI=1S/C26H26N2P/c1-19(23-15-7-11-21-9-3-5-13-25(21)23)27-17-18-28(29-27)20(2)24-16-8-12-22-10-4-6-14-26(22)24/h3,5-9,11-20H,4,10H2,1-2H3/q-1/t19-,20-/m0/s1. The number of hydrogen-bond donors (Lipinski definition) is 0. The van der Waals surface area contributed by atoms with Crippen LogP contribution in [0.5, 0.6) is 0 Å². The van der Waals surface area contributed by atoms with Crippen molar-refractivity contribution in [2.75, 3.05) is 0 Å². The van der Waals surface area contributed by atoms with E-state index in [9.17, 15) is 0 Å². The third-order valence-electron chi connectivity index (χ3n) is 6.19. The number of aryl methyl sites for hydroxylation is 1. The third kappa shape index (κ3) is 3.36. The fourth-order valence-electron chi connectivity index (χ4n) is 4.49. The lowest BCUT2D eigenvalue weighted by molar-refractivity contribution is 0.460. The lowest BCUT2D eigenvalue weighted by Crippen LogP contribution is -2.16. The van der Waals surface area contributed by atoms with E-state index in [-0.39, 0.29) is 0 Å². The molecular formula is C26H26N2P-. The quantitative estimate of drug-likeness (QED) is 0.421. The summed E-state index contributed by atoms with van der Waals surface area (Å²) in [6, 6.07) is 22.8. The number of fused-ring (bicyclic) bond motifs is 2. The summed E-state index contributed by atoms with van der Waals surface area (Å²) in [6.07, 6.45) is 11.4. The third-order valence-corrected chi connectivity index (χ3v) is 7.56. The van der Waals surface area contributed by atoms with Crippen LogP contribution in [-0.4, -0.2) is 9.34 Å². The Kier molecular flexibility index (Phi) is 4.89. The van der Waals surface area contributed by atoms with Crippen molar-refractivity contribution in [1.29, 1.82) is 0 Å². The van der Waals surface area contributed by atoms with Gasteiger partial charge in [0.2, 0.25) is 0 Å². The zero-order chi connectivity index (χ0) is 19.8. The van der Waals surface area contributed by atoms with Crippen LogP contribution in [0.2, 0.25) is 0 Å². The molecule has 3 aromatic carbocycles. The van der Waals surface area contributed by atoms with E-state index in [0.717, 1.165) is 12.8 Å². The van der Waals surface area contributed by atoms with Crippen LogP contribution in [0.1, 0.15) is 54.6 Å². The number of nitrogens with zero attached hydrogens (tertiary/aromatic N) is 2. The Hall–Kier alpha value is -2.57. The average Bonchev–Trinajstić information content (AvgIpc) is 3.28. The van der Waals surface area contributed by atoms with Crippen LogP contribution >= 0.6 is 8.88 Å². The van der Waals surface area contributed by atoms with Crippen LogP contribution in [-0.2, 0) is 6.42 Å². The maximum Gasteiger partial charge on any atom is 0.0252 e. The van der Waals surface area contributed by atoms with E-state index in [2.05, 4.69) is 108 Å². The zero-order valence-electron chi connectivity index (χ0n) is 17.0. The van der Waals surface area contributed by atoms with Gasteiger partial charge in [-0.1, -0.05) is 72.8 Å². The maximum absolute atomic E-state index is 2.43. The monoisotopic (exact) mass is 397 g/mol. The van der Waals surface area contributed by atoms with Crippen molar-refractivity contribution < 1.29 is 0 Å². The van der Waals surface area contributed by atoms with Gasteiger partial charge in [-0.2, -0.15) is 0 Å². The Labute approximate surface area is 175 Å². The first-order valence-electron chi connectivity index (χ1n) is 10.4. The fourth-order valence-corrected chi connectivity index (χ4v) is 5.52. The van der Waals surface area contributed by atoms with Gasteiger partial charge in [0, 0.05) is 12.1 Å². The molecule has 1 aliphatic heterocycles. The molecule has 0 amide bonds. The largest absolute Gasteiger partial charge is 0.506 e. The van der Waals surface area contributed by atoms with Crippen molar-refractivity contribution in [3.05, 3.63) is 101 Å². The van der Waals surface area contributed by atoms with Crippen LogP contribution in [0, 0.1) is 0 Å². The predicted octanol–water partition coefficient (Wildman–Crippen LogP) is 7.49. The minimum atomic E-state index is 0.320.